The van der Waals surface area contributed by atoms with Crippen LogP contribution in [0.5, 0.6) is 0 Å². The molecule has 1 aliphatic carbocycles. The molecule has 0 unspecified atom stereocenters. The molecule has 0 N–H and O–H groups in total. The number of para-hydroxylation sites is 4. The van der Waals surface area contributed by atoms with E-state index in [1.54, 1.807) is 0 Å². The monoisotopic (exact) mass is 875 g/mol. The first-order valence-corrected chi connectivity index (χ1v) is 23.8. The topological polar surface area (TPSA) is 29.5 Å². The minimum atomic E-state index is -0.0351. The number of rotatable bonds is 6. The van der Waals surface area contributed by atoms with Gasteiger partial charge in [0.25, 0.3) is 0 Å². The third-order valence-corrected chi connectivity index (χ3v) is 15.6. The van der Waals surface area contributed by atoms with E-state index in [0.717, 1.165) is 83.2 Å². The normalized spacial score (nSPS) is 13.0. The summed E-state index contributed by atoms with van der Waals surface area (Å²) in [6, 6.07) is 76.8. The molecule has 0 saturated carbocycles. The van der Waals surface area contributed by atoms with Crippen molar-refractivity contribution in [3.8, 4) is 44.5 Å². The first kappa shape index (κ1) is 38.1. The molecule has 0 aliphatic heterocycles. The van der Waals surface area contributed by atoms with E-state index in [4.69, 9.17) is 8.83 Å². The lowest BCUT2D eigenvalue weighted by molar-refractivity contribution is 0.661. The Morgan fingerprint density at radius 1 is 0.343 bits per heavy atom. The summed E-state index contributed by atoms with van der Waals surface area (Å²) in [7, 11) is 0. The predicted molar refractivity (Wildman–Crippen MR) is 282 cm³/mol. The van der Waals surface area contributed by atoms with Gasteiger partial charge in [0.1, 0.15) is 22.3 Å². The zero-order valence-corrected chi connectivity index (χ0v) is 37.7. The highest BCUT2D eigenvalue weighted by atomic mass is 32.1. The summed E-state index contributed by atoms with van der Waals surface area (Å²) < 4.78 is 15.6. The van der Waals surface area contributed by atoms with Gasteiger partial charge in [0.15, 0.2) is 0 Å². The van der Waals surface area contributed by atoms with Crippen molar-refractivity contribution >= 4 is 92.4 Å². The van der Waals surface area contributed by atoms with Gasteiger partial charge in [-0.25, -0.2) is 0 Å². The maximum atomic E-state index is 6.46. The molecule has 3 nitrogen and oxygen atoms in total. The third kappa shape index (κ3) is 5.70. The zero-order valence-electron chi connectivity index (χ0n) is 36.9. The number of hydrogen-bond donors (Lipinski definition) is 0. The largest absolute Gasteiger partial charge is 0.455 e. The first-order chi connectivity index (χ1) is 33.0. The number of hydrogen-bond acceptors (Lipinski definition) is 4. The van der Waals surface area contributed by atoms with Crippen LogP contribution in [0.3, 0.4) is 0 Å². The molecule has 0 saturated heterocycles. The van der Waals surface area contributed by atoms with E-state index in [9.17, 15) is 0 Å². The van der Waals surface area contributed by atoms with E-state index in [0.29, 0.717) is 0 Å². The second kappa shape index (κ2) is 14.4. The minimum Gasteiger partial charge on any atom is -0.455 e. The van der Waals surface area contributed by atoms with Crippen molar-refractivity contribution < 1.29 is 8.83 Å². The van der Waals surface area contributed by atoms with Gasteiger partial charge in [0.2, 0.25) is 0 Å². The fourth-order valence-electron chi connectivity index (χ4n) is 11.0. The molecule has 0 bridgehead atoms. The Labute approximate surface area is 391 Å². The Hall–Kier alpha value is -8.18. The number of fused-ring (bicyclic) bond motifs is 13. The molecule has 0 fully saturated rings. The second-order valence-electron chi connectivity index (χ2n) is 18.4. The molecule has 10 aromatic carbocycles. The number of furan rings is 2. The van der Waals surface area contributed by atoms with Crippen molar-refractivity contribution in [2.45, 2.75) is 19.3 Å². The van der Waals surface area contributed by atoms with Crippen LogP contribution < -0.4 is 4.90 Å². The summed E-state index contributed by atoms with van der Waals surface area (Å²) in [5.74, 6) is 0. The highest BCUT2D eigenvalue weighted by Gasteiger charge is 2.37. The summed E-state index contributed by atoms with van der Waals surface area (Å²) in [5.41, 5.74) is 19.2. The molecule has 4 heteroatoms. The Morgan fingerprint density at radius 2 is 0.776 bits per heavy atom. The molecule has 3 aromatic heterocycles. The van der Waals surface area contributed by atoms with Crippen LogP contribution in [0.1, 0.15) is 25.0 Å². The van der Waals surface area contributed by atoms with Gasteiger partial charge in [-0.1, -0.05) is 178 Å². The van der Waals surface area contributed by atoms with Crippen molar-refractivity contribution in [2.24, 2.45) is 0 Å². The molecule has 316 valence electrons. The van der Waals surface area contributed by atoms with Crippen molar-refractivity contribution in [1.29, 1.82) is 0 Å². The van der Waals surface area contributed by atoms with Crippen LogP contribution in [0.25, 0.3) is 109 Å². The molecular weight excluding hydrogens is 835 g/mol. The fraction of sp³-hybridized carbons (Fsp3) is 0.0476. The average molecular weight is 876 g/mol. The maximum Gasteiger partial charge on any atom is 0.143 e. The minimum absolute atomic E-state index is 0.0351. The summed E-state index contributed by atoms with van der Waals surface area (Å²) in [4.78, 5) is 2.35. The molecule has 0 atom stereocenters. The van der Waals surface area contributed by atoms with Gasteiger partial charge in [0, 0.05) is 80.9 Å². The second-order valence-corrected chi connectivity index (χ2v) is 19.4. The molecule has 1 aliphatic rings. The van der Waals surface area contributed by atoms with Crippen LogP contribution in [0.2, 0.25) is 0 Å². The Morgan fingerprint density at radius 3 is 1.34 bits per heavy atom. The van der Waals surface area contributed by atoms with Crippen molar-refractivity contribution in [2.75, 3.05) is 4.90 Å². The molecular formula is C63H41NO2S. The number of nitrogens with zero attached hydrogens (tertiary/aromatic N) is 1. The van der Waals surface area contributed by atoms with E-state index >= 15 is 0 Å². The van der Waals surface area contributed by atoms with E-state index in [2.05, 4.69) is 207 Å². The summed E-state index contributed by atoms with van der Waals surface area (Å²) in [6.45, 7) is 4.73. The Kier molecular flexibility index (Phi) is 8.20. The van der Waals surface area contributed by atoms with Crippen LogP contribution in [0.4, 0.5) is 17.1 Å². The Bertz CT molecular complexity index is 3950. The highest BCUT2D eigenvalue weighted by molar-refractivity contribution is 7.27. The SMILES string of the molecule is CC1(C)c2ccccc2-c2c1ccc1c2sc2c(-c3ccc(N(c4ccc(-c5cccc6c5oc5ccccc56)cc4)c4ccc(-c5cccc6c5oc5ccccc56)cc4)cc3)cccc21. The quantitative estimate of drug-likeness (QED) is 0.167. The molecule has 0 amide bonds. The van der Waals surface area contributed by atoms with Crippen LogP contribution in [0, 0.1) is 0 Å². The van der Waals surface area contributed by atoms with Crippen LogP contribution in [0.15, 0.2) is 221 Å². The van der Waals surface area contributed by atoms with Gasteiger partial charge in [0.05, 0.1) is 0 Å². The molecule has 67 heavy (non-hydrogen) atoms. The van der Waals surface area contributed by atoms with Gasteiger partial charge in [-0.15, -0.1) is 11.3 Å². The Balaban J connectivity index is 0.874. The lowest BCUT2D eigenvalue weighted by Gasteiger charge is -2.26. The van der Waals surface area contributed by atoms with E-state index in [1.165, 1.54) is 53.6 Å². The van der Waals surface area contributed by atoms with Gasteiger partial charge >= 0.3 is 0 Å². The standard InChI is InChI=1S/C63H41NO2S/c1-63(2)54-21-6-3-14-53(54)58-55(63)37-36-52-51-20-11-17-46(61(51)67-62(52)58)40-28-34-43(35-29-40)64(41-30-24-38(25-31-41)44-15-9-18-49-47-12-4-7-22-56(47)65-59(44)49)42-32-26-39(27-33-42)45-16-10-19-50-48-13-5-8-23-57(48)66-60(45)50/h3-37H,1-2H3. The summed E-state index contributed by atoms with van der Waals surface area (Å²) >= 11 is 1.94. The first-order valence-electron chi connectivity index (χ1n) is 23.0. The van der Waals surface area contributed by atoms with E-state index in [1.807, 2.05) is 35.6 Å². The van der Waals surface area contributed by atoms with Gasteiger partial charge in [-0.05, 0) is 87.5 Å². The lowest BCUT2D eigenvalue weighted by atomic mass is 9.82. The van der Waals surface area contributed by atoms with Crippen molar-refractivity contribution in [3.05, 3.63) is 223 Å². The summed E-state index contributed by atoms with van der Waals surface area (Å²) in [5, 5.41) is 7.16. The van der Waals surface area contributed by atoms with E-state index in [-0.39, 0.29) is 5.41 Å². The zero-order chi connectivity index (χ0) is 44.4. The number of thiophene rings is 1. The number of anilines is 3. The van der Waals surface area contributed by atoms with Crippen molar-refractivity contribution in [1.82, 2.24) is 0 Å². The highest BCUT2D eigenvalue weighted by Crippen LogP contribution is 2.54. The molecule has 0 radical (unpaired) electrons. The fourth-order valence-corrected chi connectivity index (χ4v) is 12.4. The lowest BCUT2D eigenvalue weighted by Crippen LogP contribution is -2.14. The van der Waals surface area contributed by atoms with Gasteiger partial charge in [-0.2, -0.15) is 0 Å². The van der Waals surface area contributed by atoms with E-state index < -0.39 is 0 Å². The number of benzene rings is 10. The van der Waals surface area contributed by atoms with Gasteiger partial charge in [-0.3, -0.25) is 0 Å². The van der Waals surface area contributed by atoms with Crippen LogP contribution in [-0.2, 0) is 5.41 Å². The van der Waals surface area contributed by atoms with Gasteiger partial charge < -0.3 is 13.7 Å². The van der Waals surface area contributed by atoms with Crippen LogP contribution >= 0.6 is 11.3 Å². The predicted octanol–water partition coefficient (Wildman–Crippen LogP) is 18.6. The summed E-state index contributed by atoms with van der Waals surface area (Å²) in [6.07, 6.45) is 0. The molecule has 14 rings (SSSR count). The van der Waals surface area contributed by atoms with Crippen LogP contribution in [-0.4, -0.2) is 0 Å². The molecule has 0 spiro atoms. The molecule has 3 heterocycles. The van der Waals surface area contributed by atoms with Crippen molar-refractivity contribution in [3.63, 3.8) is 0 Å². The average Bonchev–Trinajstić information content (AvgIpc) is 4.13. The molecule has 13 aromatic rings. The maximum absolute atomic E-state index is 6.46. The smallest absolute Gasteiger partial charge is 0.143 e. The third-order valence-electron chi connectivity index (χ3n) is 14.3.